The molecule has 1 heteroatoms. The van der Waals surface area contributed by atoms with Crippen LogP contribution in [-0.4, -0.2) is 0 Å². The monoisotopic (exact) mass is 781 g/mol. The third-order valence-corrected chi connectivity index (χ3v) is 13.5. The van der Waals surface area contributed by atoms with Crippen molar-refractivity contribution < 1.29 is 0 Å². The lowest BCUT2D eigenvalue weighted by Gasteiger charge is -2.29. The molecule has 0 heterocycles. The molecule has 0 radical (unpaired) electrons. The van der Waals surface area contributed by atoms with Crippen LogP contribution in [0.25, 0.3) is 66.8 Å². The zero-order valence-corrected chi connectivity index (χ0v) is 35.2. The van der Waals surface area contributed by atoms with Crippen molar-refractivity contribution >= 4 is 17.1 Å². The van der Waals surface area contributed by atoms with E-state index < -0.39 is 0 Å². The molecule has 292 valence electrons. The van der Waals surface area contributed by atoms with Gasteiger partial charge in [0.2, 0.25) is 0 Å². The highest BCUT2D eigenvalue weighted by molar-refractivity contribution is 5.98. The van der Waals surface area contributed by atoms with Gasteiger partial charge in [0.05, 0.1) is 5.69 Å². The van der Waals surface area contributed by atoms with Gasteiger partial charge in [-0.1, -0.05) is 204 Å². The molecule has 0 atom stereocenters. The van der Waals surface area contributed by atoms with Crippen LogP contribution in [0.5, 0.6) is 0 Å². The van der Waals surface area contributed by atoms with Gasteiger partial charge in [0.15, 0.2) is 0 Å². The fourth-order valence-electron chi connectivity index (χ4n) is 10.5. The van der Waals surface area contributed by atoms with Gasteiger partial charge in [-0.15, -0.1) is 0 Å². The summed E-state index contributed by atoms with van der Waals surface area (Å²) in [6.45, 7) is 9.46. The van der Waals surface area contributed by atoms with Crippen LogP contribution in [0.15, 0.2) is 212 Å². The van der Waals surface area contributed by atoms with Crippen molar-refractivity contribution in [3.05, 3.63) is 235 Å². The van der Waals surface area contributed by atoms with Crippen molar-refractivity contribution in [2.45, 2.75) is 38.5 Å². The van der Waals surface area contributed by atoms with Gasteiger partial charge in [0.25, 0.3) is 0 Å². The molecule has 2 aliphatic rings. The Balaban J connectivity index is 1.05. The molecular weight excluding hydrogens is 735 g/mol. The normalized spacial score (nSPS) is 13.8. The maximum absolute atomic E-state index is 2.45. The van der Waals surface area contributed by atoms with Gasteiger partial charge in [-0.25, -0.2) is 0 Å². The molecule has 0 bridgehead atoms. The molecule has 0 saturated heterocycles. The van der Waals surface area contributed by atoms with Crippen LogP contribution >= 0.6 is 0 Å². The van der Waals surface area contributed by atoms with Crippen molar-refractivity contribution in [1.29, 1.82) is 0 Å². The highest BCUT2D eigenvalue weighted by Gasteiger charge is 2.38. The van der Waals surface area contributed by atoms with Crippen molar-refractivity contribution in [3.63, 3.8) is 0 Å². The Morgan fingerprint density at radius 2 is 0.754 bits per heavy atom. The zero-order valence-electron chi connectivity index (χ0n) is 35.2. The third-order valence-electron chi connectivity index (χ3n) is 13.5. The Hall–Kier alpha value is -7.22. The highest BCUT2D eigenvalue weighted by Crippen LogP contribution is 2.55. The quantitative estimate of drug-likeness (QED) is 0.156. The molecule has 0 amide bonds. The van der Waals surface area contributed by atoms with Gasteiger partial charge >= 0.3 is 0 Å². The number of rotatable bonds is 7. The zero-order chi connectivity index (χ0) is 41.3. The van der Waals surface area contributed by atoms with E-state index in [1.54, 1.807) is 0 Å². The molecule has 0 spiro atoms. The van der Waals surface area contributed by atoms with Crippen LogP contribution in [-0.2, 0) is 10.8 Å². The summed E-state index contributed by atoms with van der Waals surface area (Å²) in [5, 5.41) is 0. The number of benzene rings is 9. The molecule has 0 aliphatic heterocycles. The largest absolute Gasteiger partial charge is 0.310 e. The van der Waals surface area contributed by atoms with E-state index in [0.717, 1.165) is 17.1 Å². The number of fused-ring (bicyclic) bond motifs is 6. The van der Waals surface area contributed by atoms with Gasteiger partial charge < -0.3 is 4.90 Å². The summed E-state index contributed by atoms with van der Waals surface area (Å²) in [4.78, 5) is 2.45. The summed E-state index contributed by atoms with van der Waals surface area (Å²) in [6, 6.07) is 78.4. The molecule has 0 unspecified atom stereocenters. The van der Waals surface area contributed by atoms with E-state index in [1.165, 1.54) is 89.0 Å². The Kier molecular flexibility index (Phi) is 8.58. The first kappa shape index (κ1) is 36.8. The second kappa shape index (κ2) is 14.2. The van der Waals surface area contributed by atoms with Crippen LogP contribution in [0.4, 0.5) is 17.1 Å². The van der Waals surface area contributed by atoms with Crippen molar-refractivity contribution in [2.75, 3.05) is 4.90 Å². The van der Waals surface area contributed by atoms with Gasteiger partial charge in [0.1, 0.15) is 0 Å². The Labute approximate surface area is 360 Å². The number of nitrogens with zero attached hydrogens (tertiary/aromatic N) is 1. The Morgan fingerprint density at radius 3 is 1.46 bits per heavy atom. The lowest BCUT2D eigenvalue weighted by atomic mass is 9.79. The minimum Gasteiger partial charge on any atom is -0.310 e. The van der Waals surface area contributed by atoms with Crippen molar-refractivity contribution in [1.82, 2.24) is 0 Å². The second-order valence-electron chi connectivity index (χ2n) is 17.7. The van der Waals surface area contributed by atoms with Crippen molar-refractivity contribution in [2.24, 2.45) is 0 Å². The molecule has 0 fully saturated rings. The molecule has 1 nitrogen and oxygen atoms in total. The van der Waals surface area contributed by atoms with Crippen molar-refractivity contribution in [3.8, 4) is 66.8 Å². The van der Waals surface area contributed by atoms with Crippen LogP contribution in [0, 0.1) is 0 Å². The van der Waals surface area contributed by atoms with Crippen LogP contribution in [0.1, 0.15) is 49.9 Å². The summed E-state index contributed by atoms with van der Waals surface area (Å²) in [7, 11) is 0. The molecule has 0 saturated carbocycles. The SMILES string of the molecule is CC1(C)c2ccccc2-c2c(-c3ccccc3N(c3ccc(-c4cccc(-c5ccccc5)c4)cc3)c3ccc(-c4cccc5c4C(C)(C)c4ccccc4-5)cc3)cccc21. The molecule has 9 aromatic carbocycles. The highest BCUT2D eigenvalue weighted by atomic mass is 15.1. The fraction of sp³-hybridized carbons (Fsp3) is 0.100. The first-order valence-corrected chi connectivity index (χ1v) is 21.5. The van der Waals surface area contributed by atoms with Gasteiger partial charge in [0, 0.05) is 27.8 Å². The average Bonchev–Trinajstić information content (AvgIpc) is 3.70. The summed E-state index contributed by atoms with van der Waals surface area (Å²) in [5.74, 6) is 0. The smallest absolute Gasteiger partial charge is 0.0540 e. The molecule has 61 heavy (non-hydrogen) atoms. The number of para-hydroxylation sites is 1. The maximum atomic E-state index is 2.45. The topological polar surface area (TPSA) is 3.24 Å². The lowest BCUT2D eigenvalue weighted by molar-refractivity contribution is 0.660. The fourth-order valence-corrected chi connectivity index (χ4v) is 10.5. The molecule has 0 aromatic heterocycles. The van der Waals surface area contributed by atoms with Crippen LogP contribution in [0.3, 0.4) is 0 Å². The summed E-state index contributed by atoms with van der Waals surface area (Å²) in [6.07, 6.45) is 0. The van der Waals surface area contributed by atoms with E-state index >= 15 is 0 Å². The molecule has 11 rings (SSSR count). The Morgan fingerprint density at radius 1 is 0.295 bits per heavy atom. The summed E-state index contributed by atoms with van der Waals surface area (Å²) in [5.41, 5.74) is 23.9. The third kappa shape index (κ3) is 5.91. The van der Waals surface area contributed by atoms with E-state index in [0.29, 0.717) is 0 Å². The van der Waals surface area contributed by atoms with E-state index in [1.807, 2.05) is 0 Å². The van der Waals surface area contributed by atoms with Gasteiger partial charge in [-0.05, 0) is 120 Å². The molecular formula is C60H47N. The predicted octanol–water partition coefficient (Wildman–Crippen LogP) is 16.4. The minimum atomic E-state index is -0.0996. The van der Waals surface area contributed by atoms with Crippen LogP contribution < -0.4 is 4.90 Å². The molecule has 9 aromatic rings. The first-order valence-electron chi connectivity index (χ1n) is 21.5. The minimum absolute atomic E-state index is 0.0897. The molecule has 2 aliphatic carbocycles. The number of hydrogen-bond donors (Lipinski definition) is 0. The van der Waals surface area contributed by atoms with E-state index in [-0.39, 0.29) is 10.8 Å². The van der Waals surface area contributed by atoms with E-state index in [4.69, 9.17) is 0 Å². The average molecular weight is 782 g/mol. The standard InChI is InChI=1S/C60H47N/c1-59(2)54-28-12-9-23-52(54)57-50(25-16-29-55(57)59)49-22-10-13-30-56(49)61(45-35-31-41(32-36-45)44-20-14-19-43(39-44)40-17-6-5-7-18-40)46-37-33-42(34-38-46)47-24-15-26-51-48-21-8-11-27-53(48)60(3,4)58(47)51/h5-39H,1-4H3. The molecule has 0 N–H and O–H groups in total. The number of hydrogen-bond acceptors (Lipinski definition) is 1. The van der Waals surface area contributed by atoms with E-state index in [9.17, 15) is 0 Å². The lowest BCUT2D eigenvalue weighted by Crippen LogP contribution is -2.16. The second-order valence-corrected chi connectivity index (χ2v) is 17.7. The Bertz CT molecular complexity index is 3110. The summed E-state index contributed by atoms with van der Waals surface area (Å²) >= 11 is 0. The summed E-state index contributed by atoms with van der Waals surface area (Å²) < 4.78 is 0. The van der Waals surface area contributed by atoms with Crippen LogP contribution in [0.2, 0.25) is 0 Å². The first-order chi connectivity index (χ1) is 29.8. The number of anilines is 3. The van der Waals surface area contributed by atoms with Gasteiger partial charge in [-0.3, -0.25) is 0 Å². The predicted molar refractivity (Wildman–Crippen MR) is 258 cm³/mol. The maximum Gasteiger partial charge on any atom is 0.0540 e. The van der Waals surface area contributed by atoms with E-state index in [2.05, 4.69) is 245 Å². The van der Waals surface area contributed by atoms with Gasteiger partial charge in [-0.2, -0.15) is 0 Å².